The highest BCUT2D eigenvalue weighted by Gasteiger charge is 2.41. The Bertz CT molecular complexity index is 468. The van der Waals surface area contributed by atoms with Crippen LogP contribution in [-0.4, -0.2) is 29.1 Å². The zero-order valence-corrected chi connectivity index (χ0v) is 12.7. The van der Waals surface area contributed by atoms with Crippen LogP contribution in [0.25, 0.3) is 0 Å². The average molecular weight is 275 g/mol. The van der Waals surface area contributed by atoms with Gasteiger partial charge in [0, 0.05) is 12.6 Å². The number of hydrogen-bond donors (Lipinski definition) is 1. The molecular formula is C17H25NO2. The molecular weight excluding hydrogens is 250 g/mol. The second-order valence-electron chi connectivity index (χ2n) is 6.10. The van der Waals surface area contributed by atoms with Crippen LogP contribution >= 0.6 is 0 Å². The van der Waals surface area contributed by atoms with Gasteiger partial charge in [-0.2, -0.15) is 0 Å². The molecule has 1 aromatic rings. The van der Waals surface area contributed by atoms with Crippen molar-refractivity contribution in [3.8, 4) is 0 Å². The quantitative estimate of drug-likeness (QED) is 0.912. The van der Waals surface area contributed by atoms with E-state index in [0.29, 0.717) is 13.0 Å². The van der Waals surface area contributed by atoms with Crippen molar-refractivity contribution in [2.24, 2.45) is 5.41 Å². The molecule has 3 heteroatoms. The molecule has 1 aliphatic rings. The number of hydrogen-bond acceptors (Lipinski definition) is 2. The predicted octanol–water partition coefficient (Wildman–Crippen LogP) is 3.63. The molecule has 0 aromatic heterocycles. The first kappa shape index (κ1) is 15.0. The molecule has 1 aliphatic heterocycles. The Labute approximate surface area is 121 Å². The van der Waals surface area contributed by atoms with E-state index in [0.717, 1.165) is 19.4 Å². The third-order valence-electron chi connectivity index (χ3n) is 4.84. The highest BCUT2D eigenvalue weighted by atomic mass is 16.4. The summed E-state index contributed by atoms with van der Waals surface area (Å²) in [6, 6.07) is 8.84. The van der Waals surface area contributed by atoms with Gasteiger partial charge in [-0.05, 0) is 45.2 Å². The Kier molecular flexibility index (Phi) is 4.48. The number of piperidine rings is 1. The number of carboxylic acid groups (broad SMARTS) is 1. The Morgan fingerprint density at radius 1 is 1.40 bits per heavy atom. The van der Waals surface area contributed by atoms with E-state index in [2.05, 4.69) is 43.0 Å². The van der Waals surface area contributed by atoms with Crippen molar-refractivity contribution in [2.75, 3.05) is 13.1 Å². The van der Waals surface area contributed by atoms with Crippen molar-refractivity contribution in [1.82, 2.24) is 4.90 Å². The number of aryl methyl sites for hydroxylation is 1. The average Bonchev–Trinajstić information content (AvgIpc) is 2.47. The van der Waals surface area contributed by atoms with Crippen molar-refractivity contribution in [2.45, 2.75) is 46.1 Å². The molecule has 0 spiro atoms. The van der Waals surface area contributed by atoms with Crippen LogP contribution < -0.4 is 0 Å². The molecule has 1 N–H and O–H groups in total. The van der Waals surface area contributed by atoms with Gasteiger partial charge in [0.1, 0.15) is 0 Å². The topological polar surface area (TPSA) is 40.5 Å². The van der Waals surface area contributed by atoms with Gasteiger partial charge in [0.15, 0.2) is 0 Å². The lowest BCUT2D eigenvalue weighted by molar-refractivity contribution is -0.153. The van der Waals surface area contributed by atoms with Crippen molar-refractivity contribution >= 4 is 5.97 Å². The number of likely N-dealkylation sites (tertiary alicyclic amines) is 1. The predicted molar refractivity (Wildman–Crippen MR) is 80.8 cm³/mol. The summed E-state index contributed by atoms with van der Waals surface area (Å²) in [5, 5.41) is 9.57. The van der Waals surface area contributed by atoms with Gasteiger partial charge in [0.05, 0.1) is 5.41 Å². The molecule has 0 bridgehead atoms. The molecule has 1 aromatic carbocycles. The summed E-state index contributed by atoms with van der Waals surface area (Å²) in [5.74, 6) is -0.638. The number of carboxylic acids is 1. The van der Waals surface area contributed by atoms with Gasteiger partial charge in [-0.25, -0.2) is 0 Å². The van der Waals surface area contributed by atoms with Crippen LogP contribution in [0.2, 0.25) is 0 Å². The molecule has 2 rings (SSSR count). The normalized spacial score (nSPS) is 25.4. The Balaban J connectivity index is 2.16. The monoisotopic (exact) mass is 275 g/mol. The maximum absolute atomic E-state index is 11.6. The summed E-state index contributed by atoms with van der Waals surface area (Å²) in [6.07, 6.45) is 2.48. The molecule has 1 saturated heterocycles. The highest BCUT2D eigenvalue weighted by Crippen LogP contribution is 2.37. The van der Waals surface area contributed by atoms with Gasteiger partial charge in [-0.3, -0.25) is 9.69 Å². The molecule has 110 valence electrons. The largest absolute Gasteiger partial charge is 0.481 e. The van der Waals surface area contributed by atoms with E-state index in [9.17, 15) is 9.90 Å². The van der Waals surface area contributed by atoms with Gasteiger partial charge in [0.25, 0.3) is 0 Å². The van der Waals surface area contributed by atoms with Crippen molar-refractivity contribution in [1.29, 1.82) is 0 Å². The first-order valence-electron chi connectivity index (χ1n) is 7.52. The minimum Gasteiger partial charge on any atom is -0.481 e. The fourth-order valence-electron chi connectivity index (χ4n) is 3.17. The molecule has 2 atom stereocenters. The van der Waals surface area contributed by atoms with E-state index in [-0.39, 0.29) is 6.04 Å². The molecule has 0 amide bonds. The Hall–Kier alpha value is -1.35. The fourth-order valence-corrected chi connectivity index (χ4v) is 3.17. The lowest BCUT2D eigenvalue weighted by atomic mass is 9.77. The summed E-state index contributed by atoms with van der Waals surface area (Å²) >= 11 is 0. The Morgan fingerprint density at radius 2 is 2.05 bits per heavy atom. The van der Waals surface area contributed by atoms with Crippen LogP contribution in [0.3, 0.4) is 0 Å². The van der Waals surface area contributed by atoms with E-state index in [4.69, 9.17) is 0 Å². The fraction of sp³-hybridized carbons (Fsp3) is 0.588. The van der Waals surface area contributed by atoms with Crippen LogP contribution in [0.4, 0.5) is 0 Å². The second kappa shape index (κ2) is 5.96. The van der Waals surface area contributed by atoms with Crippen LogP contribution in [0.5, 0.6) is 0 Å². The van der Waals surface area contributed by atoms with E-state index in [1.54, 1.807) is 0 Å². The molecule has 0 saturated carbocycles. The van der Waals surface area contributed by atoms with E-state index < -0.39 is 11.4 Å². The van der Waals surface area contributed by atoms with Crippen LogP contribution in [0, 0.1) is 12.3 Å². The lowest BCUT2D eigenvalue weighted by Crippen LogP contribution is -2.48. The van der Waals surface area contributed by atoms with Gasteiger partial charge >= 0.3 is 5.97 Å². The Morgan fingerprint density at radius 3 is 2.60 bits per heavy atom. The lowest BCUT2D eigenvalue weighted by Gasteiger charge is -2.42. The molecule has 0 aliphatic carbocycles. The van der Waals surface area contributed by atoms with Gasteiger partial charge in [-0.15, -0.1) is 0 Å². The number of rotatable bonds is 4. The van der Waals surface area contributed by atoms with Crippen molar-refractivity contribution < 1.29 is 9.90 Å². The molecule has 1 fully saturated rings. The first-order valence-corrected chi connectivity index (χ1v) is 7.52. The molecule has 2 unspecified atom stereocenters. The number of benzene rings is 1. The summed E-state index contributed by atoms with van der Waals surface area (Å²) in [6.45, 7) is 7.91. The zero-order chi connectivity index (χ0) is 14.8. The third-order valence-corrected chi connectivity index (χ3v) is 4.84. The first-order chi connectivity index (χ1) is 9.48. The number of nitrogens with zero attached hydrogens (tertiary/aromatic N) is 1. The molecule has 1 heterocycles. The van der Waals surface area contributed by atoms with Gasteiger partial charge < -0.3 is 5.11 Å². The number of aliphatic carboxylic acids is 1. The van der Waals surface area contributed by atoms with Crippen molar-refractivity contribution in [3.63, 3.8) is 0 Å². The van der Waals surface area contributed by atoms with Crippen molar-refractivity contribution in [3.05, 3.63) is 35.4 Å². The molecule has 20 heavy (non-hydrogen) atoms. The second-order valence-corrected chi connectivity index (χ2v) is 6.10. The van der Waals surface area contributed by atoms with E-state index >= 15 is 0 Å². The highest BCUT2D eigenvalue weighted by molar-refractivity contribution is 5.75. The number of carbonyl (C=O) groups is 1. The third kappa shape index (κ3) is 2.88. The minimum absolute atomic E-state index is 0.279. The molecule has 0 radical (unpaired) electrons. The minimum atomic E-state index is -0.638. The van der Waals surface area contributed by atoms with Crippen LogP contribution in [-0.2, 0) is 4.79 Å². The SMILES string of the molecule is CCC1(C(=O)O)CCCN(C(C)c2ccc(C)cc2)C1. The summed E-state index contributed by atoms with van der Waals surface area (Å²) < 4.78 is 0. The van der Waals surface area contributed by atoms with Gasteiger partial charge in [0.2, 0.25) is 0 Å². The van der Waals surface area contributed by atoms with Gasteiger partial charge in [-0.1, -0.05) is 36.8 Å². The van der Waals surface area contributed by atoms with Crippen LogP contribution in [0.15, 0.2) is 24.3 Å². The van der Waals surface area contributed by atoms with E-state index in [1.807, 2.05) is 6.92 Å². The van der Waals surface area contributed by atoms with E-state index in [1.165, 1.54) is 11.1 Å². The maximum atomic E-state index is 11.6. The maximum Gasteiger partial charge on any atom is 0.310 e. The molecule has 3 nitrogen and oxygen atoms in total. The summed E-state index contributed by atoms with van der Waals surface area (Å²) in [5.41, 5.74) is 1.97. The summed E-state index contributed by atoms with van der Waals surface area (Å²) in [4.78, 5) is 14.0. The zero-order valence-electron chi connectivity index (χ0n) is 12.7. The smallest absolute Gasteiger partial charge is 0.310 e. The summed E-state index contributed by atoms with van der Waals surface area (Å²) in [7, 11) is 0. The van der Waals surface area contributed by atoms with Crippen LogP contribution in [0.1, 0.15) is 50.3 Å². The standard InChI is InChI=1S/C17H25NO2/c1-4-17(16(19)20)10-5-11-18(12-17)14(3)15-8-6-13(2)7-9-15/h6-9,14H,4-5,10-12H2,1-3H3,(H,19,20).